The molecule has 2 aromatic rings. The van der Waals surface area contributed by atoms with E-state index in [1.165, 1.54) is 12.1 Å². The van der Waals surface area contributed by atoms with Crippen molar-refractivity contribution in [3.63, 3.8) is 0 Å². The molecule has 1 amide bonds. The van der Waals surface area contributed by atoms with Gasteiger partial charge in [0.1, 0.15) is 29.4 Å². The van der Waals surface area contributed by atoms with Crippen molar-refractivity contribution < 1.29 is 28.6 Å². The molecule has 0 saturated carbocycles. The first kappa shape index (κ1) is 18.8. The fourth-order valence-electron chi connectivity index (χ4n) is 2.15. The average molecular weight is 368 g/mol. The fraction of sp³-hybridized carbons (Fsp3) is 0.294. The Kier molecular flexibility index (Phi) is 6.44. The molecule has 134 valence electrons. The van der Waals surface area contributed by atoms with Crippen LogP contribution in [0.4, 0.5) is 0 Å². The Morgan fingerprint density at radius 3 is 2.64 bits per heavy atom. The molecular weight excluding hydrogens is 350 g/mol. The molecule has 0 bridgehead atoms. The molecule has 2 rings (SSSR count). The van der Waals surface area contributed by atoms with Gasteiger partial charge in [-0.2, -0.15) is 0 Å². The van der Waals surface area contributed by atoms with Gasteiger partial charge < -0.3 is 24.3 Å². The first-order valence-corrected chi connectivity index (χ1v) is 7.82. The Bertz CT molecular complexity index is 770. The number of rotatable bonds is 8. The molecule has 0 spiro atoms. The molecule has 25 heavy (non-hydrogen) atoms. The Balaban J connectivity index is 2.08. The van der Waals surface area contributed by atoms with Gasteiger partial charge in [-0.1, -0.05) is 11.6 Å². The van der Waals surface area contributed by atoms with Crippen LogP contribution in [0.25, 0.3) is 0 Å². The van der Waals surface area contributed by atoms with E-state index >= 15 is 0 Å². The van der Waals surface area contributed by atoms with Crippen molar-refractivity contribution in [1.82, 2.24) is 5.32 Å². The summed E-state index contributed by atoms with van der Waals surface area (Å²) in [6.45, 7) is 2.26. The zero-order valence-electron chi connectivity index (χ0n) is 13.8. The van der Waals surface area contributed by atoms with E-state index in [2.05, 4.69) is 5.32 Å². The lowest BCUT2D eigenvalue weighted by Crippen LogP contribution is -2.23. The maximum atomic E-state index is 12.4. The molecule has 0 radical (unpaired) electrons. The Labute approximate surface area is 149 Å². The second-order valence-corrected chi connectivity index (χ2v) is 5.59. The molecule has 1 aromatic heterocycles. The van der Waals surface area contributed by atoms with Crippen molar-refractivity contribution >= 4 is 23.5 Å². The molecule has 0 saturated heterocycles. The van der Waals surface area contributed by atoms with Crippen LogP contribution >= 0.6 is 11.6 Å². The Morgan fingerprint density at radius 1 is 1.24 bits per heavy atom. The lowest BCUT2D eigenvalue weighted by Gasteiger charge is -2.11. The van der Waals surface area contributed by atoms with Crippen molar-refractivity contribution in [2.45, 2.75) is 13.5 Å². The molecule has 0 atom stereocenters. The van der Waals surface area contributed by atoms with Gasteiger partial charge in [-0.15, -0.1) is 0 Å². The number of amides is 1. The molecule has 2 N–H and O–H groups in total. The summed E-state index contributed by atoms with van der Waals surface area (Å²) >= 11 is 5.95. The van der Waals surface area contributed by atoms with Crippen LogP contribution in [0.1, 0.15) is 32.2 Å². The number of benzene rings is 1. The summed E-state index contributed by atoms with van der Waals surface area (Å²) < 4.78 is 15.8. The van der Waals surface area contributed by atoms with E-state index in [1.807, 2.05) is 0 Å². The van der Waals surface area contributed by atoms with Gasteiger partial charge in [0, 0.05) is 12.1 Å². The number of carbonyl (C=O) groups excluding carboxylic acids is 1. The molecule has 0 fully saturated rings. The Hall–Kier alpha value is -2.51. The van der Waals surface area contributed by atoms with E-state index in [-0.39, 0.29) is 30.0 Å². The molecule has 7 nitrogen and oxygen atoms in total. The van der Waals surface area contributed by atoms with Gasteiger partial charge in [-0.3, -0.25) is 4.79 Å². The third-order valence-electron chi connectivity index (χ3n) is 3.35. The minimum absolute atomic E-state index is 0.0387. The number of carboxylic acid groups (broad SMARTS) is 1. The van der Waals surface area contributed by atoms with Crippen molar-refractivity contribution in [1.29, 1.82) is 0 Å². The summed E-state index contributed by atoms with van der Waals surface area (Å²) in [7, 11) is 1.55. The molecule has 0 aliphatic rings. The normalized spacial score (nSPS) is 10.5. The summed E-state index contributed by atoms with van der Waals surface area (Å²) in [4.78, 5) is 23.4. The quantitative estimate of drug-likeness (QED) is 0.696. The number of carbonyl (C=O) groups is 2. The number of hydrogen-bond acceptors (Lipinski definition) is 5. The molecule has 8 heteroatoms. The number of carboxylic acids is 1. The zero-order chi connectivity index (χ0) is 18.4. The maximum Gasteiger partial charge on any atom is 0.339 e. The van der Waals surface area contributed by atoms with Gasteiger partial charge in [-0.25, -0.2) is 4.79 Å². The van der Waals surface area contributed by atoms with Gasteiger partial charge in [-0.05, 0) is 31.2 Å². The highest BCUT2D eigenvalue weighted by Crippen LogP contribution is 2.23. The van der Waals surface area contributed by atoms with Crippen LogP contribution < -0.4 is 10.1 Å². The molecule has 0 aliphatic heterocycles. The largest absolute Gasteiger partial charge is 0.490 e. The first-order valence-electron chi connectivity index (χ1n) is 7.44. The number of furan rings is 1. The van der Waals surface area contributed by atoms with E-state index < -0.39 is 11.9 Å². The summed E-state index contributed by atoms with van der Waals surface area (Å²) in [5, 5.41) is 12.1. The number of halogens is 1. The number of methoxy groups -OCH3 is 1. The monoisotopic (exact) mass is 367 g/mol. The number of nitrogens with one attached hydrogen (secondary N) is 1. The summed E-state index contributed by atoms with van der Waals surface area (Å²) in [5.41, 5.74) is 0.334. The van der Waals surface area contributed by atoms with Gasteiger partial charge >= 0.3 is 5.97 Å². The molecule has 0 unspecified atom stereocenters. The molecular formula is C17H18ClNO6. The van der Waals surface area contributed by atoms with Crippen molar-refractivity contribution in [3.8, 4) is 5.75 Å². The van der Waals surface area contributed by atoms with Gasteiger partial charge in [0.15, 0.2) is 0 Å². The van der Waals surface area contributed by atoms with E-state index in [9.17, 15) is 9.59 Å². The number of hydrogen-bond donors (Lipinski definition) is 2. The predicted octanol–water partition coefficient (Wildman–Crippen LogP) is 2.89. The lowest BCUT2D eigenvalue weighted by atomic mass is 10.2. The highest BCUT2D eigenvalue weighted by atomic mass is 35.5. The summed E-state index contributed by atoms with van der Waals surface area (Å²) in [6, 6.07) is 6.10. The average Bonchev–Trinajstić information content (AvgIpc) is 2.95. The molecule has 0 aliphatic carbocycles. The van der Waals surface area contributed by atoms with Crippen LogP contribution in [0.2, 0.25) is 5.02 Å². The van der Waals surface area contributed by atoms with Crippen LogP contribution in [0.5, 0.6) is 5.75 Å². The van der Waals surface area contributed by atoms with Crippen LogP contribution in [0.3, 0.4) is 0 Å². The van der Waals surface area contributed by atoms with E-state index in [4.69, 9.17) is 30.6 Å². The summed E-state index contributed by atoms with van der Waals surface area (Å²) in [6.07, 6.45) is 0. The molecule has 1 heterocycles. The second kappa shape index (κ2) is 8.55. The highest BCUT2D eigenvalue weighted by Gasteiger charge is 2.17. The van der Waals surface area contributed by atoms with Crippen molar-refractivity contribution in [2.24, 2.45) is 0 Å². The standard InChI is InChI=1S/C17H18ClNO6/c1-10-13(17(21)22)8-12(25-10)9-19-16(20)14-7-11(18)3-4-15(14)24-6-5-23-2/h3-4,7-8H,5-6,9H2,1-2H3,(H,19,20)(H,21,22). The van der Waals surface area contributed by atoms with Gasteiger partial charge in [0.05, 0.1) is 18.7 Å². The SMILES string of the molecule is COCCOc1ccc(Cl)cc1C(=O)NCc1cc(C(=O)O)c(C)o1. The zero-order valence-corrected chi connectivity index (χ0v) is 14.6. The summed E-state index contributed by atoms with van der Waals surface area (Å²) in [5.74, 6) is -0.501. The second-order valence-electron chi connectivity index (χ2n) is 5.15. The lowest BCUT2D eigenvalue weighted by molar-refractivity contribution is 0.0694. The third-order valence-corrected chi connectivity index (χ3v) is 3.59. The first-order chi connectivity index (χ1) is 11.9. The number of aryl methyl sites for hydroxylation is 1. The van der Waals surface area contributed by atoms with E-state index in [0.717, 1.165) is 0 Å². The minimum atomic E-state index is -1.08. The fourth-order valence-corrected chi connectivity index (χ4v) is 2.32. The third kappa shape index (κ3) is 4.98. The number of ether oxygens (including phenoxy) is 2. The number of aromatic carboxylic acids is 1. The van der Waals surface area contributed by atoms with Crippen LogP contribution in [-0.4, -0.2) is 37.3 Å². The van der Waals surface area contributed by atoms with Gasteiger partial charge in [0.2, 0.25) is 0 Å². The highest BCUT2D eigenvalue weighted by molar-refractivity contribution is 6.31. The predicted molar refractivity (Wildman–Crippen MR) is 90.4 cm³/mol. The van der Waals surface area contributed by atoms with Crippen molar-refractivity contribution in [3.05, 3.63) is 51.9 Å². The molecule has 1 aromatic carbocycles. The topological polar surface area (TPSA) is 98.0 Å². The maximum absolute atomic E-state index is 12.4. The van der Waals surface area contributed by atoms with Crippen LogP contribution in [0.15, 0.2) is 28.7 Å². The smallest absolute Gasteiger partial charge is 0.339 e. The van der Waals surface area contributed by atoms with E-state index in [0.29, 0.717) is 23.1 Å². The van der Waals surface area contributed by atoms with Crippen LogP contribution in [0, 0.1) is 6.92 Å². The Morgan fingerprint density at radius 2 is 2.00 bits per heavy atom. The van der Waals surface area contributed by atoms with Gasteiger partial charge in [0.25, 0.3) is 5.91 Å². The van der Waals surface area contributed by atoms with Crippen LogP contribution in [-0.2, 0) is 11.3 Å². The van der Waals surface area contributed by atoms with E-state index in [1.54, 1.807) is 26.2 Å². The van der Waals surface area contributed by atoms with Crippen molar-refractivity contribution in [2.75, 3.05) is 20.3 Å². The minimum Gasteiger partial charge on any atom is -0.490 e.